The summed E-state index contributed by atoms with van der Waals surface area (Å²) in [5, 5.41) is 17.2. The van der Waals surface area contributed by atoms with Crippen LogP contribution in [0.4, 0.5) is 0 Å². The maximum absolute atomic E-state index is 4.52. The van der Waals surface area contributed by atoms with Crippen LogP contribution in [0.2, 0.25) is 0 Å². The number of hydrogen-bond acceptors (Lipinski definition) is 2. The fraction of sp³-hybridized carbons (Fsp3) is 0.0417. The molecule has 0 fully saturated rings. The molecule has 21 aromatic rings. The van der Waals surface area contributed by atoms with E-state index < -0.39 is 0 Å². The van der Waals surface area contributed by atoms with E-state index in [1.54, 1.807) is 0 Å². The molecule has 105 heavy (non-hydrogen) atoms. The second-order valence-corrected chi connectivity index (χ2v) is 27.0. The van der Waals surface area contributed by atoms with E-state index in [2.05, 4.69) is 369 Å². The minimum absolute atomic E-state index is 0. The largest absolute Gasteiger partial charge is 0.309 e. The molecule has 1 radical (unpaired) electrons. The number of fused-ring (bicyclic) bond motifs is 16. The van der Waals surface area contributed by atoms with Crippen molar-refractivity contribution in [3.8, 4) is 56.6 Å². The van der Waals surface area contributed by atoms with Crippen molar-refractivity contribution in [2.75, 3.05) is 0 Å². The van der Waals surface area contributed by atoms with Gasteiger partial charge in [-0.05, 0) is 171 Å². The van der Waals surface area contributed by atoms with E-state index in [0.29, 0.717) is 0 Å². The number of rotatable bonds is 8. The van der Waals surface area contributed by atoms with Crippen molar-refractivity contribution in [3.63, 3.8) is 0 Å². The zero-order valence-corrected chi connectivity index (χ0v) is 60.7. The van der Waals surface area contributed by atoms with Crippen LogP contribution < -0.4 is 0 Å². The van der Waals surface area contributed by atoms with Gasteiger partial charge in [-0.1, -0.05) is 206 Å². The smallest absolute Gasteiger partial charge is 0.137 e. The summed E-state index contributed by atoms with van der Waals surface area (Å²) in [5.74, 6) is 1.59. The molecule has 0 saturated carbocycles. The van der Waals surface area contributed by atoms with Gasteiger partial charge in [-0.15, -0.1) is 35.9 Å². The van der Waals surface area contributed by atoms with E-state index in [1.165, 1.54) is 154 Å². The first-order valence-corrected chi connectivity index (χ1v) is 35.6. The molecular formula is C96H69IrN8-. The second kappa shape index (κ2) is 26.5. The Kier molecular flexibility index (Phi) is 16.2. The molecular weight excluding hydrogens is 1460 g/mol. The van der Waals surface area contributed by atoms with Gasteiger partial charge in [0.1, 0.15) is 5.82 Å². The monoisotopic (exact) mass is 1530 g/mol. The predicted octanol–water partition coefficient (Wildman–Crippen LogP) is 24.5. The van der Waals surface area contributed by atoms with Crippen LogP contribution in [0.15, 0.2) is 346 Å². The van der Waals surface area contributed by atoms with E-state index in [1.807, 2.05) is 48.0 Å². The Labute approximate surface area is 621 Å². The third kappa shape index (κ3) is 10.8. The molecule has 0 saturated heterocycles. The average Bonchev–Trinajstić information content (AvgIpc) is 1.55. The van der Waals surface area contributed by atoms with Crippen LogP contribution in [-0.2, 0) is 20.1 Å². The van der Waals surface area contributed by atoms with E-state index >= 15 is 0 Å². The van der Waals surface area contributed by atoms with Crippen molar-refractivity contribution < 1.29 is 20.1 Å². The van der Waals surface area contributed by atoms with Crippen molar-refractivity contribution in [1.82, 2.24) is 37.6 Å². The van der Waals surface area contributed by atoms with Crippen LogP contribution >= 0.6 is 0 Å². The molecule has 21 rings (SSSR count). The van der Waals surface area contributed by atoms with Crippen molar-refractivity contribution in [3.05, 3.63) is 374 Å². The van der Waals surface area contributed by atoms with Gasteiger partial charge >= 0.3 is 0 Å². The average molecular weight is 1530 g/mol. The minimum atomic E-state index is 0. The maximum atomic E-state index is 4.52. The summed E-state index contributed by atoms with van der Waals surface area (Å²) in [4.78, 5) is 4.52. The summed E-state index contributed by atoms with van der Waals surface area (Å²) in [6, 6.07) is 127. The summed E-state index contributed by atoms with van der Waals surface area (Å²) in [6.45, 7) is 8.44. The summed E-state index contributed by atoms with van der Waals surface area (Å²) in [5.41, 5.74) is 26.3. The maximum Gasteiger partial charge on any atom is 0.137 e. The molecule has 6 aromatic heterocycles. The van der Waals surface area contributed by atoms with Crippen LogP contribution in [0.5, 0.6) is 0 Å². The fourth-order valence-electron chi connectivity index (χ4n) is 16.3. The first-order chi connectivity index (χ1) is 51.3. The van der Waals surface area contributed by atoms with Gasteiger partial charge in [0.15, 0.2) is 0 Å². The predicted molar refractivity (Wildman–Crippen MR) is 435 cm³/mol. The minimum Gasteiger partial charge on any atom is -0.309 e. The number of aryl methyl sites for hydroxylation is 4. The summed E-state index contributed by atoms with van der Waals surface area (Å²) >= 11 is 0. The molecule has 0 aliphatic rings. The zero-order valence-electron chi connectivity index (χ0n) is 58.3. The molecule has 6 heterocycles. The molecule has 9 heteroatoms. The van der Waals surface area contributed by atoms with E-state index in [9.17, 15) is 0 Å². The third-order valence-corrected chi connectivity index (χ3v) is 20.8. The van der Waals surface area contributed by atoms with E-state index in [0.717, 1.165) is 34.3 Å². The normalized spacial score (nSPS) is 11.5. The quantitative estimate of drug-likeness (QED) is 0.142. The summed E-state index contributed by atoms with van der Waals surface area (Å²) < 4.78 is 13.9. The van der Waals surface area contributed by atoms with Gasteiger partial charge in [-0.25, -0.2) is 0 Å². The van der Waals surface area contributed by atoms with Gasteiger partial charge < -0.3 is 22.8 Å². The van der Waals surface area contributed by atoms with E-state index in [-0.39, 0.29) is 20.1 Å². The van der Waals surface area contributed by atoms with Crippen molar-refractivity contribution >= 4 is 109 Å². The Balaban J connectivity index is 0.000000120. The Bertz CT molecular complexity index is 6600. The van der Waals surface area contributed by atoms with Gasteiger partial charge in [0.05, 0.1) is 66.7 Å². The molecule has 8 nitrogen and oxygen atoms in total. The van der Waals surface area contributed by atoms with Gasteiger partial charge in [-0.3, -0.25) is 9.67 Å². The summed E-state index contributed by atoms with van der Waals surface area (Å²) in [7, 11) is 0. The molecule has 0 aliphatic heterocycles. The first-order valence-electron chi connectivity index (χ1n) is 35.6. The van der Waals surface area contributed by atoms with E-state index in [4.69, 9.17) is 0 Å². The Morgan fingerprint density at radius 3 is 1.10 bits per heavy atom. The standard InChI is InChI=1S/C42H27N3.C38H28N2.C16H14N3.Ir/c1-2-13-28(14-3-1)43-39-24-11-7-20-35(39)41-40(43)26-25-34-33-19-6-10-23-38(33)45(42(34)41)30-16-12-15-29(27-30)44-36-21-8-4-17-31(36)32-18-5-9-22-37(32)44;1-25-23-27(39-35-15-7-3-11-31(35)32-12-4-8-16-36(32)39)19-21-29(25)30-22-20-28(24-26(30)2)40-37-17-9-5-13-33(37)34-14-6-10-18-38(34)40;1-12-8-6-7-11-15(12)19-16(17-13(2)18-19)14-9-4-3-5-10-14;/h1-27H;3-24H,1-2H3;3-9,11H,1-2H3;/q;;-1;. The molecule has 15 aromatic carbocycles. The van der Waals surface area contributed by atoms with Crippen LogP contribution in [-0.4, -0.2) is 37.6 Å². The van der Waals surface area contributed by atoms with Crippen molar-refractivity contribution in [2.45, 2.75) is 27.7 Å². The van der Waals surface area contributed by atoms with Crippen molar-refractivity contribution in [2.24, 2.45) is 0 Å². The molecule has 0 bridgehead atoms. The molecule has 0 unspecified atom stereocenters. The van der Waals surface area contributed by atoms with Crippen LogP contribution in [0.25, 0.3) is 166 Å². The van der Waals surface area contributed by atoms with Gasteiger partial charge in [0.2, 0.25) is 0 Å². The molecule has 0 aliphatic carbocycles. The Morgan fingerprint density at radius 1 is 0.267 bits per heavy atom. The van der Waals surface area contributed by atoms with Crippen molar-refractivity contribution in [1.29, 1.82) is 0 Å². The second-order valence-electron chi connectivity index (χ2n) is 27.0. The SMILES string of the molecule is Cc1cc(-n2c3ccccc3c3ccccc32)ccc1-c1ccc(-n2c3ccccc3c3ccccc32)cc1C.Cc1nc(-c2[c-]cccc2)n(-c2ccccc2C)n1.[Ir].c1ccc(-n2c3ccccc3c3c2ccc2c4ccccc4n(-c4cccc(-n5c6ccccc6c6ccccc65)c4)c23)cc1. The molecule has 0 spiro atoms. The topological polar surface area (TPSA) is 55.4 Å². The molecule has 0 amide bonds. The van der Waals surface area contributed by atoms with Crippen LogP contribution in [0.3, 0.4) is 0 Å². The Hall–Kier alpha value is -12.9. The third-order valence-electron chi connectivity index (χ3n) is 20.8. The van der Waals surface area contributed by atoms with Gasteiger partial charge in [0, 0.05) is 102 Å². The fourth-order valence-corrected chi connectivity index (χ4v) is 16.3. The number of para-hydroxylation sites is 10. The molecule has 0 atom stereocenters. The van der Waals surface area contributed by atoms with Crippen LogP contribution in [0.1, 0.15) is 22.5 Å². The molecule has 0 N–H and O–H groups in total. The number of aromatic nitrogens is 8. The molecule has 503 valence electrons. The summed E-state index contributed by atoms with van der Waals surface area (Å²) in [6.07, 6.45) is 0. The first kappa shape index (κ1) is 64.2. The number of nitrogens with zero attached hydrogens (tertiary/aromatic N) is 8. The van der Waals surface area contributed by atoms with Gasteiger partial charge in [-0.2, -0.15) is 5.10 Å². The Morgan fingerprint density at radius 2 is 0.638 bits per heavy atom. The van der Waals surface area contributed by atoms with Gasteiger partial charge in [0.25, 0.3) is 0 Å². The van der Waals surface area contributed by atoms with Crippen LogP contribution in [0, 0.1) is 33.8 Å². The zero-order chi connectivity index (χ0) is 69.5. The number of hydrogen-bond donors (Lipinski definition) is 0. The number of benzene rings is 15.